The number of nitrogens with zero attached hydrogens (tertiary/aromatic N) is 1. The van der Waals surface area contributed by atoms with Crippen molar-refractivity contribution in [1.82, 2.24) is 30.6 Å². The summed E-state index contributed by atoms with van der Waals surface area (Å²) in [6, 6.07) is 15.2. The fourth-order valence-corrected chi connectivity index (χ4v) is 7.66. The third-order valence-corrected chi connectivity index (χ3v) is 10.9. The highest BCUT2D eigenvalue weighted by Gasteiger charge is 2.33. The lowest BCUT2D eigenvalue weighted by atomic mass is 9.83. The van der Waals surface area contributed by atoms with Crippen LogP contribution >= 0.6 is 0 Å². The van der Waals surface area contributed by atoms with E-state index in [2.05, 4.69) is 30.6 Å². The average molecular weight is 755 g/mol. The molecule has 0 spiro atoms. The third-order valence-electron chi connectivity index (χ3n) is 9.33. The van der Waals surface area contributed by atoms with E-state index in [-0.39, 0.29) is 44.1 Å². The molecule has 1 aliphatic carbocycles. The van der Waals surface area contributed by atoms with Gasteiger partial charge in [0.15, 0.2) is 0 Å². The highest BCUT2D eigenvalue weighted by atomic mass is 32.2. The normalized spacial score (nSPS) is 16.4. The van der Waals surface area contributed by atoms with Crippen LogP contribution in [-0.2, 0) is 43.8 Å². The number of rotatable bonds is 21. The minimum atomic E-state index is -3.57. The predicted molar refractivity (Wildman–Crippen MR) is 200 cm³/mol. The first-order chi connectivity index (χ1) is 25.5. The fourth-order valence-electron chi connectivity index (χ4n) is 6.53. The summed E-state index contributed by atoms with van der Waals surface area (Å²) in [4.78, 5) is 48.1. The molecule has 14 nitrogen and oxygen atoms in total. The molecule has 4 rings (SSSR count). The van der Waals surface area contributed by atoms with Gasteiger partial charge in [-0.2, -0.15) is 0 Å². The van der Waals surface area contributed by atoms with Crippen LogP contribution in [0.25, 0.3) is 0 Å². The Morgan fingerprint density at radius 3 is 2.17 bits per heavy atom. The number of amides is 3. The van der Waals surface area contributed by atoms with E-state index in [1.165, 1.54) is 6.33 Å². The summed E-state index contributed by atoms with van der Waals surface area (Å²) < 4.78 is 32.1. The summed E-state index contributed by atoms with van der Waals surface area (Å²) in [6.07, 6.45) is 5.69. The number of carbonyl (C=O) groups is 3. The largest absolute Gasteiger partial charge is 0.445 e. The first-order valence-corrected chi connectivity index (χ1v) is 20.1. The molecule has 3 aromatic rings. The van der Waals surface area contributed by atoms with Crippen LogP contribution in [0.5, 0.6) is 0 Å². The summed E-state index contributed by atoms with van der Waals surface area (Å²) in [5.41, 5.74) is 2.05. The number of nitrogens with one attached hydrogen (secondary N) is 5. The number of aromatic nitrogens is 2. The quantitative estimate of drug-likeness (QED) is 0.0851. The van der Waals surface area contributed by atoms with Crippen molar-refractivity contribution in [1.29, 1.82) is 0 Å². The molecule has 3 amide bonds. The van der Waals surface area contributed by atoms with Gasteiger partial charge in [-0.05, 0) is 29.9 Å². The molecule has 0 aliphatic heterocycles. The van der Waals surface area contributed by atoms with Crippen molar-refractivity contribution in [3.05, 3.63) is 90.0 Å². The molecule has 290 valence electrons. The van der Waals surface area contributed by atoms with Gasteiger partial charge in [0.2, 0.25) is 21.8 Å². The Morgan fingerprint density at radius 2 is 1.53 bits per heavy atom. The number of sulfonamides is 1. The number of H-pyrrole nitrogens is 1. The summed E-state index contributed by atoms with van der Waals surface area (Å²) in [5, 5.41) is 30.5. The molecule has 1 aromatic heterocycles. The van der Waals surface area contributed by atoms with Gasteiger partial charge in [0.25, 0.3) is 0 Å². The van der Waals surface area contributed by atoms with E-state index in [9.17, 15) is 33.0 Å². The zero-order valence-corrected chi connectivity index (χ0v) is 31.1. The Balaban J connectivity index is 1.50. The van der Waals surface area contributed by atoms with Crippen LogP contribution < -0.4 is 20.7 Å². The minimum absolute atomic E-state index is 0.000556. The summed E-state index contributed by atoms with van der Waals surface area (Å²) in [5.74, 6) is -1.06. The minimum Gasteiger partial charge on any atom is -0.445 e. The van der Waals surface area contributed by atoms with Crippen LogP contribution in [0.4, 0.5) is 4.79 Å². The van der Waals surface area contributed by atoms with Crippen LogP contribution in [0, 0.1) is 5.92 Å². The smallest absolute Gasteiger partial charge is 0.408 e. The van der Waals surface area contributed by atoms with E-state index in [4.69, 9.17) is 4.74 Å². The van der Waals surface area contributed by atoms with Gasteiger partial charge in [0.05, 0.1) is 36.0 Å². The molecule has 53 heavy (non-hydrogen) atoms. The molecule has 15 heteroatoms. The van der Waals surface area contributed by atoms with Crippen LogP contribution in [0.2, 0.25) is 0 Å². The Labute approximate surface area is 312 Å². The predicted octanol–water partition coefficient (Wildman–Crippen LogP) is 2.87. The molecule has 7 N–H and O–H groups in total. The van der Waals surface area contributed by atoms with Crippen molar-refractivity contribution < 1.29 is 37.8 Å². The average Bonchev–Trinajstić information content (AvgIpc) is 3.67. The van der Waals surface area contributed by atoms with E-state index < -0.39 is 58.3 Å². The van der Waals surface area contributed by atoms with Crippen molar-refractivity contribution in [3.63, 3.8) is 0 Å². The monoisotopic (exact) mass is 754 g/mol. The topological polar surface area (TPSA) is 212 Å². The van der Waals surface area contributed by atoms with Crippen molar-refractivity contribution in [3.8, 4) is 0 Å². The van der Waals surface area contributed by atoms with Crippen molar-refractivity contribution in [2.24, 2.45) is 5.92 Å². The lowest BCUT2D eigenvalue weighted by Gasteiger charge is -2.32. The van der Waals surface area contributed by atoms with Crippen LogP contribution in [0.1, 0.15) is 75.1 Å². The second-order valence-corrected chi connectivity index (χ2v) is 15.7. The number of ether oxygens (including phenoxy) is 1. The highest BCUT2D eigenvalue weighted by molar-refractivity contribution is 7.89. The molecule has 0 radical (unpaired) electrons. The molecule has 0 bridgehead atoms. The molecule has 1 heterocycles. The summed E-state index contributed by atoms with van der Waals surface area (Å²) in [7, 11) is -3.57. The SMILES string of the molecule is CCCS(=O)(=O)NC[C@@H](O)C[C@H](O)[C@H](CC1CCCCC1)NC(=O)[C@H](Cc1c[nH]cn1)NC(=O)[C@H](Cc1ccccc1)NC(=O)OCc1ccccc1. The van der Waals surface area contributed by atoms with E-state index >= 15 is 0 Å². The molecular formula is C38H54N6O8S. The highest BCUT2D eigenvalue weighted by Crippen LogP contribution is 2.28. The number of aromatic amines is 1. The molecule has 0 unspecified atom stereocenters. The van der Waals surface area contributed by atoms with E-state index in [1.807, 2.05) is 60.7 Å². The Hall–Kier alpha value is -4.31. The zero-order valence-electron chi connectivity index (χ0n) is 30.3. The first kappa shape index (κ1) is 41.4. The van der Waals surface area contributed by atoms with Gasteiger partial charge in [-0.1, -0.05) is 99.7 Å². The number of benzene rings is 2. The number of imidazole rings is 1. The Kier molecular flexibility index (Phi) is 16.7. The maximum Gasteiger partial charge on any atom is 0.408 e. The standard InChI is InChI=1S/C38H54N6O8S/c1-2-18-53(50,51)41-24-31(45)22-35(46)32(19-27-12-6-3-7-13-27)42-37(48)34(21-30-23-39-26-40-30)43-36(47)33(20-28-14-8-4-9-15-28)44-38(49)52-25-29-16-10-5-11-17-29/h4-5,8-11,14-17,23,26-27,31-35,41,45-46H,2-3,6-7,12-13,18-22,24-25H2,1H3,(H,39,40)(H,42,48)(H,43,47)(H,44,49)/t31-,32-,33-,34-,35-/m0/s1. The third kappa shape index (κ3) is 14.9. The van der Waals surface area contributed by atoms with E-state index in [0.29, 0.717) is 18.5 Å². The molecular weight excluding hydrogens is 701 g/mol. The number of carbonyl (C=O) groups excluding carboxylic acids is 3. The van der Waals surface area contributed by atoms with E-state index in [1.54, 1.807) is 13.1 Å². The summed E-state index contributed by atoms with van der Waals surface area (Å²) >= 11 is 0. The molecule has 1 saturated carbocycles. The van der Waals surface area contributed by atoms with Gasteiger partial charge in [-0.3, -0.25) is 9.59 Å². The van der Waals surface area contributed by atoms with Crippen LogP contribution in [-0.4, -0.2) is 89.1 Å². The van der Waals surface area contributed by atoms with Gasteiger partial charge in [-0.15, -0.1) is 0 Å². The number of aliphatic hydroxyl groups is 2. The number of aliphatic hydroxyl groups excluding tert-OH is 2. The van der Waals surface area contributed by atoms with Gasteiger partial charge >= 0.3 is 6.09 Å². The fraction of sp³-hybridized carbons (Fsp3) is 0.526. The van der Waals surface area contributed by atoms with Gasteiger partial charge in [-0.25, -0.2) is 22.9 Å². The van der Waals surface area contributed by atoms with Crippen molar-refractivity contribution in [2.45, 2.75) is 108 Å². The number of alkyl carbamates (subject to hydrolysis) is 1. The maximum atomic E-state index is 14.1. The summed E-state index contributed by atoms with van der Waals surface area (Å²) in [6.45, 7) is 1.46. The molecule has 0 saturated heterocycles. The lowest BCUT2D eigenvalue weighted by molar-refractivity contribution is -0.131. The second kappa shape index (κ2) is 21.4. The zero-order chi connectivity index (χ0) is 38.1. The molecule has 2 aromatic carbocycles. The molecule has 1 fully saturated rings. The van der Waals surface area contributed by atoms with Crippen LogP contribution in [0.15, 0.2) is 73.2 Å². The van der Waals surface area contributed by atoms with Gasteiger partial charge in [0.1, 0.15) is 18.7 Å². The van der Waals surface area contributed by atoms with E-state index in [0.717, 1.165) is 43.2 Å². The maximum absolute atomic E-state index is 14.1. The Bertz CT molecular complexity index is 1640. The number of hydrogen-bond acceptors (Lipinski definition) is 9. The molecule has 1 aliphatic rings. The van der Waals surface area contributed by atoms with Crippen LogP contribution in [0.3, 0.4) is 0 Å². The molecule has 5 atom stereocenters. The van der Waals surface area contributed by atoms with Gasteiger partial charge < -0.3 is 35.9 Å². The van der Waals surface area contributed by atoms with Gasteiger partial charge in [0, 0.05) is 32.0 Å². The second-order valence-electron chi connectivity index (χ2n) is 13.8. The number of hydrogen-bond donors (Lipinski definition) is 7. The Morgan fingerprint density at radius 1 is 0.887 bits per heavy atom. The van der Waals surface area contributed by atoms with Crippen molar-refractivity contribution in [2.75, 3.05) is 12.3 Å². The lowest BCUT2D eigenvalue weighted by Crippen LogP contribution is -2.57. The first-order valence-electron chi connectivity index (χ1n) is 18.4. The van der Waals surface area contributed by atoms with Crippen molar-refractivity contribution >= 4 is 27.9 Å².